The molecule has 0 saturated carbocycles. The smallest absolute Gasteiger partial charge is 0.268 e. The summed E-state index contributed by atoms with van der Waals surface area (Å²) < 4.78 is 7.57. The first-order chi connectivity index (χ1) is 13.3. The van der Waals surface area contributed by atoms with Crippen molar-refractivity contribution in [3.63, 3.8) is 0 Å². The van der Waals surface area contributed by atoms with Gasteiger partial charge >= 0.3 is 0 Å². The minimum absolute atomic E-state index is 0.0787. The topological polar surface area (TPSA) is 47.2 Å². The van der Waals surface area contributed by atoms with Crippen LogP contribution < -0.4 is 5.32 Å². The second-order valence-electron chi connectivity index (χ2n) is 6.61. The van der Waals surface area contributed by atoms with Gasteiger partial charge in [0.2, 0.25) is 0 Å². The molecule has 2 heterocycles. The summed E-state index contributed by atoms with van der Waals surface area (Å²) in [6, 6.07) is 24.1. The molecule has 0 unspecified atom stereocenters. The number of fused-ring (bicyclic) bond motifs is 1. The van der Waals surface area contributed by atoms with Gasteiger partial charge in [0.05, 0.1) is 11.8 Å². The van der Waals surface area contributed by atoms with Crippen molar-refractivity contribution in [3.05, 3.63) is 95.9 Å². The number of nitrogens with one attached hydrogen (secondary N) is 1. The van der Waals surface area contributed by atoms with Gasteiger partial charge in [0.15, 0.2) is 5.58 Å². The zero-order valence-corrected chi connectivity index (χ0v) is 15.1. The zero-order valence-electron chi connectivity index (χ0n) is 15.1. The summed E-state index contributed by atoms with van der Waals surface area (Å²) in [5.74, 6) is -0.0787. The van der Waals surface area contributed by atoms with Crippen molar-refractivity contribution >= 4 is 17.0 Å². The van der Waals surface area contributed by atoms with E-state index in [0.717, 1.165) is 36.0 Å². The van der Waals surface area contributed by atoms with Gasteiger partial charge in [-0.15, -0.1) is 0 Å². The third kappa shape index (κ3) is 3.95. The Bertz CT molecular complexity index is 1020. The van der Waals surface area contributed by atoms with Gasteiger partial charge in [-0.25, -0.2) is 0 Å². The van der Waals surface area contributed by atoms with E-state index in [4.69, 9.17) is 4.42 Å². The summed E-state index contributed by atoms with van der Waals surface area (Å²) in [5, 5.41) is 3.01. The van der Waals surface area contributed by atoms with E-state index < -0.39 is 0 Å². The van der Waals surface area contributed by atoms with Gasteiger partial charge in [0.1, 0.15) is 5.69 Å². The highest BCUT2D eigenvalue weighted by Crippen LogP contribution is 2.22. The predicted molar refractivity (Wildman–Crippen MR) is 107 cm³/mol. The quantitative estimate of drug-likeness (QED) is 0.516. The molecule has 0 saturated heterocycles. The van der Waals surface area contributed by atoms with E-state index in [9.17, 15) is 4.79 Å². The summed E-state index contributed by atoms with van der Waals surface area (Å²) in [6.07, 6.45) is 3.60. The highest BCUT2D eigenvalue weighted by molar-refractivity contribution is 5.97. The fourth-order valence-corrected chi connectivity index (χ4v) is 3.36. The molecule has 0 aliphatic carbocycles. The van der Waals surface area contributed by atoms with Crippen molar-refractivity contribution < 1.29 is 9.21 Å². The van der Waals surface area contributed by atoms with Gasteiger partial charge in [-0.3, -0.25) is 4.79 Å². The predicted octanol–water partition coefficient (Wildman–Crippen LogP) is 4.80. The summed E-state index contributed by atoms with van der Waals surface area (Å²) in [6.45, 7) is 1.28. The van der Waals surface area contributed by atoms with Crippen LogP contribution in [0.2, 0.25) is 0 Å². The Balaban J connectivity index is 1.47. The maximum Gasteiger partial charge on any atom is 0.268 e. The van der Waals surface area contributed by atoms with E-state index in [1.54, 1.807) is 6.26 Å². The zero-order chi connectivity index (χ0) is 18.5. The fraction of sp³-hybridized carbons (Fsp3) is 0.174. The van der Waals surface area contributed by atoms with Crippen LogP contribution in [0.5, 0.6) is 0 Å². The number of rotatable bonds is 7. The third-order valence-corrected chi connectivity index (χ3v) is 4.74. The lowest BCUT2D eigenvalue weighted by Crippen LogP contribution is -2.25. The van der Waals surface area contributed by atoms with E-state index in [1.165, 1.54) is 5.56 Å². The number of benzene rings is 2. The van der Waals surface area contributed by atoms with E-state index in [2.05, 4.69) is 34.1 Å². The van der Waals surface area contributed by atoms with Crippen molar-refractivity contribution in [1.82, 2.24) is 9.88 Å². The maximum atomic E-state index is 12.8. The van der Waals surface area contributed by atoms with Crippen molar-refractivity contribution in [3.8, 4) is 0 Å². The van der Waals surface area contributed by atoms with Crippen molar-refractivity contribution in [2.75, 3.05) is 0 Å². The second kappa shape index (κ2) is 7.96. The van der Waals surface area contributed by atoms with Crippen LogP contribution in [-0.4, -0.2) is 10.5 Å². The summed E-state index contributed by atoms with van der Waals surface area (Å²) in [4.78, 5) is 12.8. The van der Waals surface area contributed by atoms with E-state index >= 15 is 0 Å². The largest absolute Gasteiger partial charge is 0.463 e. The first-order valence-corrected chi connectivity index (χ1v) is 9.24. The van der Waals surface area contributed by atoms with Crippen LogP contribution in [0, 0.1) is 0 Å². The first kappa shape index (κ1) is 17.2. The van der Waals surface area contributed by atoms with Crippen molar-refractivity contribution in [2.45, 2.75) is 25.9 Å². The number of amides is 1. The van der Waals surface area contributed by atoms with E-state index in [0.29, 0.717) is 12.2 Å². The molecule has 0 fully saturated rings. The number of hydrogen-bond acceptors (Lipinski definition) is 2. The van der Waals surface area contributed by atoms with E-state index in [1.807, 2.05) is 48.5 Å². The Morgan fingerprint density at radius 3 is 2.37 bits per heavy atom. The number of carbonyl (C=O) groups is 1. The van der Waals surface area contributed by atoms with Crippen LogP contribution in [0.25, 0.3) is 11.1 Å². The van der Waals surface area contributed by atoms with Crippen molar-refractivity contribution in [1.29, 1.82) is 0 Å². The average molecular weight is 358 g/mol. The lowest BCUT2D eigenvalue weighted by Gasteiger charge is -2.11. The number of furan rings is 1. The minimum atomic E-state index is -0.0787. The van der Waals surface area contributed by atoms with Crippen LogP contribution in [0.3, 0.4) is 0 Å². The molecule has 0 atom stereocenters. The Labute approximate surface area is 158 Å². The third-order valence-electron chi connectivity index (χ3n) is 4.74. The minimum Gasteiger partial charge on any atom is -0.463 e. The number of aromatic nitrogens is 1. The molecule has 0 bridgehead atoms. The Morgan fingerprint density at radius 1 is 0.926 bits per heavy atom. The molecule has 2 aromatic heterocycles. The Hall–Kier alpha value is -3.27. The number of carbonyl (C=O) groups excluding carboxylic acids is 1. The fourth-order valence-electron chi connectivity index (χ4n) is 3.36. The SMILES string of the molecule is O=C(NCc1ccccc1)c1cc2occc2n1CCCc1ccccc1. The molecule has 1 N–H and O–H groups in total. The molecule has 0 aliphatic rings. The second-order valence-corrected chi connectivity index (χ2v) is 6.61. The highest BCUT2D eigenvalue weighted by Gasteiger charge is 2.17. The number of nitrogens with zero attached hydrogens (tertiary/aromatic N) is 1. The molecule has 0 radical (unpaired) electrons. The van der Waals surface area contributed by atoms with Gasteiger partial charge in [-0.1, -0.05) is 60.7 Å². The summed E-state index contributed by atoms with van der Waals surface area (Å²) >= 11 is 0. The van der Waals surface area contributed by atoms with Crippen LogP contribution in [-0.2, 0) is 19.5 Å². The molecular formula is C23H22N2O2. The lowest BCUT2D eigenvalue weighted by molar-refractivity contribution is 0.0942. The molecule has 0 spiro atoms. The van der Waals surface area contributed by atoms with Gasteiger partial charge in [-0.2, -0.15) is 0 Å². The molecule has 136 valence electrons. The Kier molecular flexibility index (Phi) is 5.06. The molecular weight excluding hydrogens is 336 g/mol. The molecule has 27 heavy (non-hydrogen) atoms. The van der Waals surface area contributed by atoms with Gasteiger partial charge in [0, 0.05) is 25.2 Å². The molecule has 4 aromatic rings. The molecule has 4 heteroatoms. The lowest BCUT2D eigenvalue weighted by atomic mass is 10.1. The highest BCUT2D eigenvalue weighted by atomic mass is 16.3. The van der Waals surface area contributed by atoms with Gasteiger partial charge in [-0.05, 0) is 24.0 Å². The molecule has 1 amide bonds. The number of aryl methyl sites for hydroxylation is 2. The van der Waals surface area contributed by atoms with Crippen LogP contribution in [0.15, 0.2) is 83.5 Å². The summed E-state index contributed by atoms with van der Waals surface area (Å²) in [7, 11) is 0. The van der Waals surface area contributed by atoms with Crippen LogP contribution in [0.1, 0.15) is 28.0 Å². The Morgan fingerprint density at radius 2 is 1.63 bits per heavy atom. The van der Waals surface area contributed by atoms with Crippen LogP contribution >= 0.6 is 0 Å². The van der Waals surface area contributed by atoms with E-state index in [-0.39, 0.29) is 5.91 Å². The standard InChI is InChI=1S/C23H22N2O2/c26-23(24-17-19-10-5-2-6-11-19)21-16-22-20(13-15-27-22)25(21)14-7-12-18-8-3-1-4-9-18/h1-6,8-11,13,15-16H,7,12,14,17H2,(H,24,26). The van der Waals surface area contributed by atoms with Crippen molar-refractivity contribution in [2.24, 2.45) is 0 Å². The van der Waals surface area contributed by atoms with Crippen LogP contribution in [0.4, 0.5) is 0 Å². The summed E-state index contributed by atoms with van der Waals surface area (Å²) in [5.41, 5.74) is 4.75. The normalized spacial score (nSPS) is 11.0. The molecule has 4 nitrogen and oxygen atoms in total. The average Bonchev–Trinajstić information content (AvgIpc) is 3.30. The molecule has 0 aliphatic heterocycles. The maximum absolute atomic E-state index is 12.8. The molecule has 2 aromatic carbocycles. The monoisotopic (exact) mass is 358 g/mol. The number of hydrogen-bond donors (Lipinski definition) is 1. The first-order valence-electron chi connectivity index (χ1n) is 9.24. The molecule has 4 rings (SSSR count). The van der Waals surface area contributed by atoms with Gasteiger partial charge in [0.25, 0.3) is 5.91 Å². The van der Waals surface area contributed by atoms with Gasteiger partial charge < -0.3 is 14.3 Å².